The average Bonchev–Trinajstić information content (AvgIpc) is 2.95. The summed E-state index contributed by atoms with van der Waals surface area (Å²) in [4.78, 5) is 0. The van der Waals surface area contributed by atoms with E-state index in [-0.39, 0.29) is 26.2 Å². The molecule has 29 heavy (non-hydrogen) atoms. The van der Waals surface area contributed by atoms with Crippen molar-refractivity contribution >= 4 is 0 Å². The Kier molecular flexibility index (Phi) is 7.45. The van der Waals surface area contributed by atoms with E-state index in [0.29, 0.717) is 0 Å². The van der Waals surface area contributed by atoms with Gasteiger partial charge in [0.2, 0.25) is 0 Å². The van der Waals surface area contributed by atoms with Crippen LogP contribution in [-0.2, 0) is 45.6 Å². The van der Waals surface area contributed by atoms with Gasteiger partial charge in [0.1, 0.15) is 0 Å². The van der Waals surface area contributed by atoms with Crippen molar-refractivity contribution in [3.63, 3.8) is 0 Å². The van der Waals surface area contributed by atoms with E-state index in [0.717, 1.165) is 19.4 Å². The Morgan fingerprint density at radius 3 is 1.24 bits per heavy atom. The average molecular weight is 457 g/mol. The van der Waals surface area contributed by atoms with Crippen LogP contribution in [0.4, 0.5) is 0 Å². The molecule has 1 nitrogen and oxygen atoms in total. The summed E-state index contributed by atoms with van der Waals surface area (Å²) in [5, 5.41) is 0. The Morgan fingerprint density at radius 2 is 0.862 bits per heavy atom. The van der Waals surface area contributed by atoms with Crippen molar-refractivity contribution in [2.75, 3.05) is 0 Å². The molecular formula is C27H27NZr. The molecule has 1 aromatic heterocycles. The first-order valence-electron chi connectivity index (χ1n) is 10.0. The minimum Gasteiger partial charge on any atom is -0.343 e. The molecule has 0 radical (unpaired) electrons. The van der Waals surface area contributed by atoms with Gasteiger partial charge in [0.25, 0.3) is 0 Å². The zero-order valence-corrected chi connectivity index (χ0v) is 19.7. The Labute approximate surface area is 193 Å². The molecule has 0 amide bonds. The fraction of sp³-hybridized carbons (Fsp3) is 0.185. The SMILES string of the molecule is Cc1c(C)c(Cc2ccccc2)n(Cc2ccccc2)c1Cc1ccccc1.[Zr]. The number of hydrogen-bond donors (Lipinski definition) is 0. The summed E-state index contributed by atoms with van der Waals surface area (Å²) in [5.41, 5.74) is 9.78. The van der Waals surface area contributed by atoms with Gasteiger partial charge in [-0.3, -0.25) is 0 Å². The van der Waals surface area contributed by atoms with E-state index in [9.17, 15) is 0 Å². The van der Waals surface area contributed by atoms with Crippen molar-refractivity contribution in [1.82, 2.24) is 4.57 Å². The van der Waals surface area contributed by atoms with E-state index in [1.54, 1.807) is 0 Å². The maximum absolute atomic E-state index is 2.56. The van der Waals surface area contributed by atoms with Gasteiger partial charge >= 0.3 is 0 Å². The van der Waals surface area contributed by atoms with E-state index in [2.05, 4.69) is 109 Å². The minimum atomic E-state index is 0. The number of hydrogen-bond acceptors (Lipinski definition) is 0. The third-order valence-electron chi connectivity index (χ3n) is 5.69. The Bertz CT molecular complexity index is 969. The summed E-state index contributed by atoms with van der Waals surface area (Å²) in [7, 11) is 0. The number of benzene rings is 3. The van der Waals surface area contributed by atoms with Crippen LogP contribution in [0.5, 0.6) is 0 Å². The normalized spacial score (nSPS) is 10.6. The first-order chi connectivity index (χ1) is 13.7. The van der Waals surface area contributed by atoms with E-state index >= 15 is 0 Å². The molecule has 0 N–H and O–H groups in total. The van der Waals surface area contributed by atoms with Crippen molar-refractivity contribution in [2.45, 2.75) is 33.2 Å². The van der Waals surface area contributed by atoms with Crippen LogP contribution < -0.4 is 0 Å². The zero-order chi connectivity index (χ0) is 19.3. The Hall–Kier alpha value is -2.18. The predicted octanol–water partition coefficient (Wildman–Crippen LogP) is 6.33. The van der Waals surface area contributed by atoms with Crippen molar-refractivity contribution in [2.24, 2.45) is 0 Å². The molecule has 2 heteroatoms. The first-order valence-corrected chi connectivity index (χ1v) is 10.0. The number of rotatable bonds is 6. The summed E-state index contributed by atoms with van der Waals surface area (Å²) in [5.74, 6) is 0. The van der Waals surface area contributed by atoms with Crippen LogP contribution in [0.2, 0.25) is 0 Å². The molecule has 0 saturated heterocycles. The molecule has 4 rings (SSSR count). The Morgan fingerprint density at radius 1 is 0.517 bits per heavy atom. The molecule has 0 bridgehead atoms. The quantitative estimate of drug-likeness (QED) is 0.319. The van der Waals surface area contributed by atoms with Gasteiger partial charge in [-0.05, 0) is 41.7 Å². The molecule has 1 heterocycles. The smallest absolute Gasteiger partial charge is 0.0475 e. The third-order valence-corrected chi connectivity index (χ3v) is 5.69. The fourth-order valence-electron chi connectivity index (χ4n) is 3.99. The van der Waals surface area contributed by atoms with Gasteiger partial charge in [0.05, 0.1) is 0 Å². The van der Waals surface area contributed by atoms with Crippen LogP contribution in [0.1, 0.15) is 39.2 Å². The molecule has 3 aromatic carbocycles. The van der Waals surface area contributed by atoms with Gasteiger partial charge in [-0.1, -0.05) is 91.0 Å². The maximum Gasteiger partial charge on any atom is 0.0475 e. The van der Waals surface area contributed by atoms with Gasteiger partial charge in [0.15, 0.2) is 0 Å². The minimum absolute atomic E-state index is 0. The largest absolute Gasteiger partial charge is 0.343 e. The van der Waals surface area contributed by atoms with Crippen LogP contribution in [0, 0.1) is 13.8 Å². The van der Waals surface area contributed by atoms with E-state index in [1.807, 2.05) is 0 Å². The monoisotopic (exact) mass is 455 g/mol. The topological polar surface area (TPSA) is 4.93 Å². The number of aromatic nitrogens is 1. The molecular weight excluding hydrogens is 430 g/mol. The van der Waals surface area contributed by atoms with E-state index in [4.69, 9.17) is 0 Å². The molecule has 0 aliphatic rings. The summed E-state index contributed by atoms with van der Waals surface area (Å²) < 4.78 is 2.56. The van der Waals surface area contributed by atoms with Gasteiger partial charge in [-0.25, -0.2) is 0 Å². The fourth-order valence-corrected chi connectivity index (χ4v) is 3.99. The summed E-state index contributed by atoms with van der Waals surface area (Å²) >= 11 is 0. The van der Waals surface area contributed by atoms with E-state index < -0.39 is 0 Å². The molecule has 144 valence electrons. The van der Waals surface area contributed by atoms with Crippen LogP contribution in [0.3, 0.4) is 0 Å². The van der Waals surface area contributed by atoms with Crippen molar-refractivity contribution in [3.8, 4) is 0 Å². The van der Waals surface area contributed by atoms with Gasteiger partial charge in [-0.2, -0.15) is 0 Å². The second kappa shape index (κ2) is 10.0. The molecule has 0 fully saturated rings. The first kappa shape index (κ1) is 21.5. The van der Waals surface area contributed by atoms with Crippen LogP contribution in [0.25, 0.3) is 0 Å². The molecule has 0 saturated carbocycles. The van der Waals surface area contributed by atoms with Crippen molar-refractivity contribution < 1.29 is 26.2 Å². The van der Waals surface area contributed by atoms with Crippen LogP contribution >= 0.6 is 0 Å². The zero-order valence-electron chi connectivity index (χ0n) is 17.2. The van der Waals surface area contributed by atoms with Crippen LogP contribution in [-0.4, -0.2) is 4.57 Å². The van der Waals surface area contributed by atoms with E-state index in [1.165, 1.54) is 39.2 Å². The molecule has 0 unspecified atom stereocenters. The van der Waals surface area contributed by atoms with Crippen molar-refractivity contribution in [1.29, 1.82) is 0 Å². The molecule has 0 spiro atoms. The second-order valence-electron chi connectivity index (χ2n) is 7.54. The second-order valence-corrected chi connectivity index (χ2v) is 7.54. The molecule has 0 aliphatic carbocycles. The molecule has 0 atom stereocenters. The van der Waals surface area contributed by atoms with Crippen LogP contribution in [0.15, 0.2) is 91.0 Å². The summed E-state index contributed by atoms with van der Waals surface area (Å²) in [6, 6.07) is 32.4. The summed E-state index contributed by atoms with van der Waals surface area (Å²) in [6.07, 6.45) is 1.93. The maximum atomic E-state index is 2.56. The van der Waals surface area contributed by atoms with Gasteiger partial charge in [0, 0.05) is 57.0 Å². The Balaban J connectivity index is 0.00000240. The van der Waals surface area contributed by atoms with Crippen molar-refractivity contribution in [3.05, 3.63) is 130 Å². The van der Waals surface area contributed by atoms with Gasteiger partial charge < -0.3 is 4.57 Å². The van der Waals surface area contributed by atoms with Gasteiger partial charge in [-0.15, -0.1) is 0 Å². The summed E-state index contributed by atoms with van der Waals surface area (Å²) in [6.45, 7) is 5.48. The predicted molar refractivity (Wildman–Crippen MR) is 118 cm³/mol. The molecule has 4 aromatic rings. The molecule has 0 aliphatic heterocycles. The number of nitrogens with zero attached hydrogens (tertiary/aromatic N) is 1. The standard InChI is InChI=1S/C27H27N.Zr/c1-21-22(2)27(19-24-14-8-4-9-15-24)28(20-25-16-10-5-11-17-25)26(21)18-23-12-6-3-7-13-23;/h3-17H,18-20H2,1-2H3;. The third kappa shape index (κ3) is 5.06.